The number of fused-ring (bicyclic) bond motifs is 1. The lowest BCUT2D eigenvalue weighted by molar-refractivity contribution is 0.0697. The molecule has 3 N–H and O–H groups in total. The number of rotatable bonds is 2. The lowest BCUT2D eigenvalue weighted by Crippen LogP contribution is -2.24. The zero-order chi connectivity index (χ0) is 12.4. The third-order valence-electron chi connectivity index (χ3n) is 2.84. The number of aromatic carboxylic acids is 1. The van der Waals surface area contributed by atoms with Gasteiger partial charge >= 0.3 is 12.0 Å². The van der Waals surface area contributed by atoms with Crippen molar-refractivity contribution in [3.63, 3.8) is 0 Å². The first-order valence-corrected chi connectivity index (χ1v) is 6.31. The first kappa shape index (κ1) is 11.9. The molecule has 0 aliphatic heterocycles. The molecule has 2 rings (SSSR count). The Balaban J connectivity index is 2.40. The predicted octanol–water partition coefficient (Wildman–Crippen LogP) is 2.08. The van der Waals surface area contributed by atoms with Gasteiger partial charge in [0.25, 0.3) is 0 Å². The smallest absolute Gasteiger partial charge is 0.339 e. The van der Waals surface area contributed by atoms with Crippen molar-refractivity contribution >= 4 is 28.3 Å². The van der Waals surface area contributed by atoms with E-state index in [0.29, 0.717) is 5.00 Å². The van der Waals surface area contributed by atoms with Crippen molar-refractivity contribution in [2.24, 2.45) is 0 Å². The zero-order valence-electron chi connectivity index (χ0n) is 9.50. The van der Waals surface area contributed by atoms with Crippen LogP contribution in [0.1, 0.15) is 33.6 Å². The maximum absolute atomic E-state index is 11.3. The number of carbonyl (C=O) groups is 2. The van der Waals surface area contributed by atoms with Crippen LogP contribution in [-0.2, 0) is 12.8 Å². The van der Waals surface area contributed by atoms with Crippen molar-refractivity contribution < 1.29 is 14.7 Å². The van der Waals surface area contributed by atoms with Crippen LogP contribution in [0, 0.1) is 0 Å². The second-order valence-electron chi connectivity index (χ2n) is 3.92. The largest absolute Gasteiger partial charge is 0.478 e. The lowest BCUT2D eigenvalue weighted by atomic mass is 9.95. The number of nitrogens with one attached hydrogen (secondary N) is 2. The van der Waals surface area contributed by atoms with E-state index in [1.165, 1.54) is 18.4 Å². The van der Waals surface area contributed by atoms with Gasteiger partial charge in [0, 0.05) is 11.9 Å². The van der Waals surface area contributed by atoms with Gasteiger partial charge in [0.05, 0.1) is 5.56 Å². The van der Waals surface area contributed by atoms with Crippen LogP contribution < -0.4 is 10.6 Å². The topological polar surface area (TPSA) is 78.4 Å². The Kier molecular flexibility index (Phi) is 3.33. The predicted molar refractivity (Wildman–Crippen MR) is 66.0 cm³/mol. The second kappa shape index (κ2) is 4.75. The molecule has 0 bridgehead atoms. The molecule has 0 aromatic carbocycles. The number of carboxylic acid groups (broad SMARTS) is 1. The fraction of sp³-hybridized carbons (Fsp3) is 0.455. The Hall–Kier alpha value is -1.56. The maximum Gasteiger partial charge on any atom is 0.339 e. The van der Waals surface area contributed by atoms with Gasteiger partial charge in [0.15, 0.2) is 0 Å². The molecule has 1 aromatic rings. The number of anilines is 1. The molecule has 0 saturated heterocycles. The number of urea groups is 1. The molecule has 92 valence electrons. The average Bonchev–Trinajstić information content (AvgIpc) is 2.66. The average molecular weight is 254 g/mol. The van der Waals surface area contributed by atoms with Crippen LogP contribution in [0.4, 0.5) is 9.80 Å². The van der Waals surface area contributed by atoms with Crippen molar-refractivity contribution in [1.29, 1.82) is 0 Å². The van der Waals surface area contributed by atoms with Gasteiger partial charge in [-0.3, -0.25) is 5.32 Å². The molecule has 0 unspecified atom stereocenters. The quantitative estimate of drug-likeness (QED) is 0.756. The highest BCUT2D eigenvalue weighted by atomic mass is 32.1. The Morgan fingerprint density at radius 3 is 2.65 bits per heavy atom. The van der Waals surface area contributed by atoms with Crippen molar-refractivity contribution in [3.05, 3.63) is 16.0 Å². The molecule has 0 fully saturated rings. The normalized spacial score (nSPS) is 13.9. The summed E-state index contributed by atoms with van der Waals surface area (Å²) in [6.45, 7) is 0. The fourth-order valence-electron chi connectivity index (χ4n) is 2.05. The molecule has 1 heterocycles. The Labute approximate surface area is 103 Å². The molecular weight excluding hydrogens is 240 g/mol. The van der Waals surface area contributed by atoms with E-state index in [9.17, 15) is 14.7 Å². The number of aryl methyl sites for hydroxylation is 1. The summed E-state index contributed by atoms with van der Waals surface area (Å²) in [6.07, 6.45) is 3.81. The van der Waals surface area contributed by atoms with Gasteiger partial charge in [0.2, 0.25) is 0 Å². The van der Waals surface area contributed by atoms with Crippen LogP contribution in [0.3, 0.4) is 0 Å². The summed E-state index contributed by atoms with van der Waals surface area (Å²) in [5.74, 6) is -0.962. The standard InChI is InChI=1S/C11H14N2O3S/c1-12-11(16)13-9-8(10(14)15)6-4-2-3-5-7(6)17-9/h2-5H2,1H3,(H,14,15)(H2,12,13,16). The second-order valence-corrected chi connectivity index (χ2v) is 5.03. The van der Waals surface area contributed by atoms with E-state index in [2.05, 4.69) is 10.6 Å². The number of hydrogen-bond donors (Lipinski definition) is 3. The Morgan fingerprint density at radius 1 is 1.29 bits per heavy atom. The molecule has 17 heavy (non-hydrogen) atoms. The van der Waals surface area contributed by atoms with Gasteiger partial charge in [-0.1, -0.05) is 0 Å². The van der Waals surface area contributed by atoms with E-state index in [1.54, 1.807) is 0 Å². The van der Waals surface area contributed by atoms with Crippen LogP contribution in [0.15, 0.2) is 0 Å². The Morgan fingerprint density at radius 2 is 2.00 bits per heavy atom. The SMILES string of the molecule is CNC(=O)Nc1sc2c(c1C(=O)O)CCCC2. The molecule has 0 saturated carbocycles. The molecule has 0 atom stereocenters. The summed E-state index contributed by atoms with van der Waals surface area (Å²) >= 11 is 1.38. The van der Waals surface area contributed by atoms with Crippen molar-refractivity contribution in [2.45, 2.75) is 25.7 Å². The summed E-state index contributed by atoms with van der Waals surface area (Å²) in [4.78, 5) is 23.6. The van der Waals surface area contributed by atoms with E-state index in [4.69, 9.17) is 0 Å². The zero-order valence-corrected chi connectivity index (χ0v) is 10.3. The minimum absolute atomic E-state index is 0.272. The van der Waals surface area contributed by atoms with Crippen LogP contribution >= 0.6 is 11.3 Å². The number of hydrogen-bond acceptors (Lipinski definition) is 3. The summed E-state index contributed by atoms with van der Waals surface area (Å²) < 4.78 is 0. The molecule has 6 heteroatoms. The van der Waals surface area contributed by atoms with Crippen molar-refractivity contribution in [2.75, 3.05) is 12.4 Å². The van der Waals surface area contributed by atoms with Gasteiger partial charge < -0.3 is 10.4 Å². The number of carbonyl (C=O) groups excluding carboxylic acids is 1. The summed E-state index contributed by atoms with van der Waals surface area (Å²) in [6, 6.07) is -0.383. The van der Waals surface area contributed by atoms with E-state index >= 15 is 0 Å². The van der Waals surface area contributed by atoms with E-state index < -0.39 is 5.97 Å². The summed E-state index contributed by atoms with van der Waals surface area (Å²) in [5.41, 5.74) is 1.17. The summed E-state index contributed by atoms with van der Waals surface area (Å²) in [7, 11) is 1.50. The van der Waals surface area contributed by atoms with Crippen molar-refractivity contribution in [3.8, 4) is 0 Å². The molecule has 1 aliphatic rings. The van der Waals surface area contributed by atoms with Gasteiger partial charge in [-0.25, -0.2) is 9.59 Å². The van der Waals surface area contributed by atoms with E-state index in [-0.39, 0.29) is 11.6 Å². The van der Waals surface area contributed by atoms with Crippen molar-refractivity contribution in [1.82, 2.24) is 5.32 Å². The first-order valence-electron chi connectivity index (χ1n) is 5.50. The summed E-state index contributed by atoms with van der Waals surface area (Å²) in [5, 5.41) is 14.7. The van der Waals surface area contributed by atoms with Gasteiger partial charge in [-0.2, -0.15) is 0 Å². The third-order valence-corrected chi connectivity index (χ3v) is 4.05. The highest BCUT2D eigenvalue weighted by Crippen LogP contribution is 2.37. The number of amides is 2. The number of thiophene rings is 1. The molecular formula is C11H14N2O3S. The number of carboxylic acids is 1. The minimum Gasteiger partial charge on any atom is -0.478 e. The van der Waals surface area contributed by atoms with Crippen LogP contribution in [0.2, 0.25) is 0 Å². The lowest BCUT2D eigenvalue weighted by Gasteiger charge is -2.10. The molecule has 2 amide bonds. The van der Waals surface area contributed by atoms with Gasteiger partial charge in [-0.15, -0.1) is 11.3 Å². The van der Waals surface area contributed by atoms with Crippen LogP contribution in [-0.4, -0.2) is 24.2 Å². The van der Waals surface area contributed by atoms with E-state index in [0.717, 1.165) is 36.1 Å². The molecule has 1 aromatic heterocycles. The fourth-order valence-corrected chi connectivity index (χ4v) is 3.32. The van der Waals surface area contributed by atoms with Gasteiger partial charge in [0.1, 0.15) is 5.00 Å². The van der Waals surface area contributed by atoms with E-state index in [1.807, 2.05) is 0 Å². The molecule has 0 spiro atoms. The third kappa shape index (κ3) is 2.26. The van der Waals surface area contributed by atoms with Gasteiger partial charge in [-0.05, 0) is 31.2 Å². The maximum atomic E-state index is 11.3. The van der Waals surface area contributed by atoms with Crippen LogP contribution in [0.25, 0.3) is 0 Å². The Bertz CT molecular complexity index is 468. The first-order chi connectivity index (χ1) is 8.13. The molecule has 5 nitrogen and oxygen atoms in total. The highest BCUT2D eigenvalue weighted by molar-refractivity contribution is 7.17. The molecule has 0 radical (unpaired) electrons. The highest BCUT2D eigenvalue weighted by Gasteiger charge is 2.25. The van der Waals surface area contributed by atoms with Crippen LogP contribution in [0.5, 0.6) is 0 Å². The minimum atomic E-state index is -0.962. The monoisotopic (exact) mass is 254 g/mol. The molecule has 1 aliphatic carbocycles.